The van der Waals surface area contributed by atoms with Crippen LogP contribution in [0.4, 0.5) is 14.5 Å². The van der Waals surface area contributed by atoms with Crippen LogP contribution in [-0.4, -0.2) is 36.1 Å². The number of carbonyl (C=O) groups is 3. The number of hydrogen-bond donors (Lipinski definition) is 1. The van der Waals surface area contributed by atoms with E-state index in [0.717, 1.165) is 0 Å². The van der Waals surface area contributed by atoms with Crippen LogP contribution in [0.15, 0.2) is 12.1 Å². The van der Waals surface area contributed by atoms with Crippen LogP contribution in [0.1, 0.15) is 10.4 Å². The number of imide groups is 1. The van der Waals surface area contributed by atoms with Gasteiger partial charge in [-0.25, -0.2) is 18.5 Å². The third-order valence-electron chi connectivity index (χ3n) is 2.46. The highest BCUT2D eigenvalue weighted by atomic mass is 19.1. The van der Waals surface area contributed by atoms with Crippen LogP contribution in [0.3, 0.4) is 0 Å². The molecule has 0 aromatic heterocycles. The second-order valence-electron chi connectivity index (χ2n) is 3.70. The molecule has 1 heterocycles. The normalized spacial score (nSPS) is 15.8. The second-order valence-corrected chi connectivity index (χ2v) is 3.70. The Bertz CT molecular complexity index is 571. The van der Waals surface area contributed by atoms with Crippen molar-refractivity contribution in [3.8, 4) is 0 Å². The molecule has 8 heteroatoms. The third kappa shape index (κ3) is 2.29. The molecule has 1 saturated heterocycles. The summed E-state index contributed by atoms with van der Waals surface area (Å²) in [5, 5.41) is 8.74. The fourth-order valence-electron chi connectivity index (χ4n) is 1.64. The first-order valence-electron chi connectivity index (χ1n) is 5.07. The van der Waals surface area contributed by atoms with E-state index in [2.05, 4.69) is 4.74 Å². The molecule has 0 aliphatic carbocycles. The molecule has 0 saturated carbocycles. The van der Waals surface area contributed by atoms with Gasteiger partial charge in [-0.15, -0.1) is 0 Å². The first-order chi connectivity index (χ1) is 8.91. The Balaban J connectivity index is 2.55. The van der Waals surface area contributed by atoms with Crippen molar-refractivity contribution >= 4 is 23.5 Å². The highest BCUT2D eigenvalue weighted by molar-refractivity contribution is 6.17. The van der Waals surface area contributed by atoms with Crippen LogP contribution in [0, 0.1) is 11.6 Å². The van der Waals surface area contributed by atoms with Crippen molar-refractivity contribution in [2.24, 2.45) is 0 Å². The number of nitrogens with zero attached hydrogens (tertiary/aromatic N) is 1. The Morgan fingerprint density at radius 2 is 1.74 bits per heavy atom. The lowest BCUT2D eigenvalue weighted by atomic mass is 10.1. The number of amides is 2. The molecule has 2 rings (SSSR count). The minimum absolute atomic E-state index is 0.314. The van der Waals surface area contributed by atoms with Gasteiger partial charge in [0.1, 0.15) is 24.8 Å². The molecule has 0 spiro atoms. The monoisotopic (exact) mass is 271 g/mol. The van der Waals surface area contributed by atoms with Gasteiger partial charge in [0.25, 0.3) is 11.8 Å². The van der Waals surface area contributed by atoms with E-state index >= 15 is 0 Å². The van der Waals surface area contributed by atoms with Gasteiger partial charge in [0.2, 0.25) is 0 Å². The number of carbonyl (C=O) groups excluding carboxylic acids is 2. The van der Waals surface area contributed by atoms with E-state index in [1.165, 1.54) is 0 Å². The van der Waals surface area contributed by atoms with Gasteiger partial charge in [-0.1, -0.05) is 0 Å². The van der Waals surface area contributed by atoms with Crippen molar-refractivity contribution < 1.29 is 33.0 Å². The summed E-state index contributed by atoms with van der Waals surface area (Å²) in [6.07, 6.45) is 0. The Hall–Kier alpha value is -2.35. The summed E-state index contributed by atoms with van der Waals surface area (Å²) in [6.45, 7) is -0.879. The summed E-state index contributed by atoms with van der Waals surface area (Å²) in [6, 6.07) is 0.920. The molecule has 0 bridgehead atoms. The predicted molar refractivity (Wildman–Crippen MR) is 56.6 cm³/mol. The number of hydrogen-bond acceptors (Lipinski definition) is 4. The number of ether oxygens (including phenoxy) is 1. The van der Waals surface area contributed by atoms with Crippen molar-refractivity contribution in [3.05, 3.63) is 29.3 Å². The van der Waals surface area contributed by atoms with Crippen LogP contribution >= 0.6 is 0 Å². The van der Waals surface area contributed by atoms with E-state index in [1.54, 1.807) is 0 Å². The molecule has 19 heavy (non-hydrogen) atoms. The number of aromatic carboxylic acids is 1. The summed E-state index contributed by atoms with van der Waals surface area (Å²) in [5.41, 5.74) is -1.43. The van der Waals surface area contributed by atoms with Gasteiger partial charge in [0.05, 0.1) is 11.3 Å². The minimum Gasteiger partial charge on any atom is -0.478 e. The van der Waals surface area contributed by atoms with Gasteiger partial charge in [0, 0.05) is 6.07 Å². The molecule has 1 N–H and O–H groups in total. The number of rotatable bonds is 2. The quantitative estimate of drug-likeness (QED) is 0.794. The Morgan fingerprint density at radius 1 is 1.16 bits per heavy atom. The molecular formula is C11H7F2NO5. The van der Waals surface area contributed by atoms with Gasteiger partial charge in [-0.3, -0.25) is 9.59 Å². The average Bonchev–Trinajstić information content (AvgIpc) is 2.30. The lowest BCUT2D eigenvalue weighted by Gasteiger charge is -2.25. The van der Waals surface area contributed by atoms with Crippen molar-refractivity contribution in [1.82, 2.24) is 0 Å². The highest BCUT2D eigenvalue weighted by Gasteiger charge is 2.31. The van der Waals surface area contributed by atoms with Crippen LogP contribution in [0.2, 0.25) is 0 Å². The van der Waals surface area contributed by atoms with Crippen molar-refractivity contribution in [2.45, 2.75) is 0 Å². The molecule has 1 aliphatic rings. The Labute approximate surface area is 105 Å². The first-order valence-corrected chi connectivity index (χ1v) is 5.07. The summed E-state index contributed by atoms with van der Waals surface area (Å²) in [7, 11) is 0. The second kappa shape index (κ2) is 4.73. The fourth-order valence-corrected chi connectivity index (χ4v) is 1.64. The van der Waals surface area contributed by atoms with E-state index in [4.69, 9.17) is 5.11 Å². The molecule has 6 nitrogen and oxygen atoms in total. The number of carboxylic acids is 1. The number of benzene rings is 1. The SMILES string of the molecule is O=C(O)c1cc(N2C(=O)COCC2=O)c(F)cc1F. The van der Waals surface area contributed by atoms with Crippen LogP contribution < -0.4 is 4.90 Å². The number of anilines is 1. The zero-order chi connectivity index (χ0) is 14.2. The first kappa shape index (κ1) is 13.1. The lowest BCUT2D eigenvalue weighted by Crippen LogP contribution is -2.46. The standard InChI is InChI=1S/C11H7F2NO5/c12-6-2-7(13)8(1-5(6)11(17)18)14-9(15)3-19-4-10(14)16/h1-2H,3-4H2,(H,17,18). The zero-order valence-corrected chi connectivity index (χ0v) is 9.35. The van der Waals surface area contributed by atoms with Gasteiger partial charge in [0.15, 0.2) is 0 Å². The highest BCUT2D eigenvalue weighted by Crippen LogP contribution is 2.25. The molecule has 2 amide bonds. The Morgan fingerprint density at radius 3 is 2.26 bits per heavy atom. The van der Waals surface area contributed by atoms with E-state index in [-0.39, 0.29) is 0 Å². The summed E-state index contributed by atoms with van der Waals surface area (Å²) < 4.78 is 31.4. The van der Waals surface area contributed by atoms with E-state index in [0.29, 0.717) is 17.0 Å². The maximum atomic E-state index is 13.6. The van der Waals surface area contributed by atoms with E-state index in [9.17, 15) is 23.2 Å². The molecule has 0 unspecified atom stereocenters. The maximum absolute atomic E-state index is 13.6. The number of halogens is 2. The average molecular weight is 271 g/mol. The molecule has 1 aliphatic heterocycles. The molecular weight excluding hydrogens is 264 g/mol. The zero-order valence-electron chi connectivity index (χ0n) is 9.35. The van der Waals surface area contributed by atoms with E-state index in [1.807, 2.05) is 0 Å². The van der Waals surface area contributed by atoms with Gasteiger partial charge in [-0.05, 0) is 6.07 Å². The smallest absolute Gasteiger partial charge is 0.338 e. The third-order valence-corrected chi connectivity index (χ3v) is 2.46. The molecule has 1 aromatic carbocycles. The molecule has 1 fully saturated rings. The van der Waals surface area contributed by atoms with Crippen LogP contribution in [-0.2, 0) is 14.3 Å². The van der Waals surface area contributed by atoms with E-state index < -0.39 is 53.9 Å². The number of morpholine rings is 1. The van der Waals surface area contributed by atoms with Gasteiger partial charge in [-0.2, -0.15) is 0 Å². The molecule has 1 aromatic rings. The van der Waals surface area contributed by atoms with Crippen LogP contribution in [0.25, 0.3) is 0 Å². The summed E-state index contributed by atoms with van der Waals surface area (Å²) in [5.74, 6) is -5.82. The molecule has 0 radical (unpaired) electrons. The largest absolute Gasteiger partial charge is 0.478 e. The lowest BCUT2D eigenvalue weighted by molar-refractivity contribution is -0.138. The number of carboxylic acid groups (broad SMARTS) is 1. The molecule has 100 valence electrons. The summed E-state index contributed by atoms with van der Waals surface area (Å²) >= 11 is 0. The summed E-state index contributed by atoms with van der Waals surface area (Å²) in [4.78, 5) is 34.2. The maximum Gasteiger partial charge on any atom is 0.338 e. The van der Waals surface area contributed by atoms with Crippen molar-refractivity contribution in [3.63, 3.8) is 0 Å². The molecule has 0 atom stereocenters. The van der Waals surface area contributed by atoms with Crippen LogP contribution in [0.5, 0.6) is 0 Å². The minimum atomic E-state index is -1.63. The Kier molecular flexibility index (Phi) is 3.26. The topological polar surface area (TPSA) is 83.9 Å². The van der Waals surface area contributed by atoms with Crippen molar-refractivity contribution in [2.75, 3.05) is 18.1 Å². The van der Waals surface area contributed by atoms with Gasteiger partial charge < -0.3 is 9.84 Å². The van der Waals surface area contributed by atoms with Gasteiger partial charge >= 0.3 is 5.97 Å². The van der Waals surface area contributed by atoms with Crippen molar-refractivity contribution in [1.29, 1.82) is 0 Å². The fraction of sp³-hybridized carbons (Fsp3) is 0.182. The predicted octanol–water partition coefficient (Wildman–Crippen LogP) is 0.553.